The summed E-state index contributed by atoms with van der Waals surface area (Å²) in [7, 11) is 0. The van der Waals surface area contributed by atoms with Gasteiger partial charge in [-0.05, 0) is 17.5 Å². The lowest BCUT2D eigenvalue weighted by Crippen LogP contribution is -2.46. The first-order chi connectivity index (χ1) is 8.84. The van der Waals surface area contributed by atoms with E-state index in [1.54, 1.807) is 11.3 Å². The summed E-state index contributed by atoms with van der Waals surface area (Å²) in [6.45, 7) is 3.21. The van der Waals surface area contributed by atoms with E-state index in [4.69, 9.17) is 0 Å². The van der Waals surface area contributed by atoms with Crippen molar-refractivity contribution in [1.82, 2.24) is 20.4 Å². The van der Waals surface area contributed by atoms with Crippen LogP contribution in [0.15, 0.2) is 23.6 Å². The zero-order valence-corrected chi connectivity index (χ0v) is 10.7. The van der Waals surface area contributed by atoms with Gasteiger partial charge in [0.05, 0.1) is 10.6 Å². The Kier molecular flexibility index (Phi) is 3.12. The van der Waals surface area contributed by atoms with E-state index in [0.29, 0.717) is 5.69 Å². The molecule has 1 fully saturated rings. The Morgan fingerprint density at radius 1 is 1.39 bits per heavy atom. The summed E-state index contributed by atoms with van der Waals surface area (Å²) < 4.78 is 0. The molecule has 0 atom stereocenters. The number of H-pyrrole nitrogens is 1. The molecule has 94 valence electrons. The molecular weight excluding hydrogens is 248 g/mol. The molecule has 2 N–H and O–H groups in total. The van der Waals surface area contributed by atoms with Gasteiger partial charge in [0.1, 0.15) is 0 Å². The SMILES string of the molecule is O=C(c1cc(-c2cccs2)[nH]n1)N1CCNCC1. The summed E-state index contributed by atoms with van der Waals surface area (Å²) in [6, 6.07) is 5.83. The van der Waals surface area contributed by atoms with Gasteiger partial charge >= 0.3 is 0 Å². The summed E-state index contributed by atoms with van der Waals surface area (Å²) in [5.41, 5.74) is 1.41. The van der Waals surface area contributed by atoms with Crippen molar-refractivity contribution in [2.24, 2.45) is 0 Å². The van der Waals surface area contributed by atoms with Crippen LogP contribution in [0.5, 0.6) is 0 Å². The molecule has 3 rings (SSSR count). The van der Waals surface area contributed by atoms with Crippen LogP contribution in [0.1, 0.15) is 10.5 Å². The van der Waals surface area contributed by atoms with Gasteiger partial charge in [-0.25, -0.2) is 0 Å². The first-order valence-corrected chi connectivity index (χ1v) is 6.82. The molecule has 5 nitrogen and oxygen atoms in total. The number of hydrogen-bond donors (Lipinski definition) is 2. The number of rotatable bonds is 2. The second-order valence-electron chi connectivity index (χ2n) is 4.19. The Morgan fingerprint density at radius 2 is 2.22 bits per heavy atom. The number of amides is 1. The number of piperazine rings is 1. The predicted octanol–water partition coefficient (Wildman–Crippen LogP) is 1.18. The van der Waals surface area contributed by atoms with E-state index in [-0.39, 0.29) is 5.91 Å². The second kappa shape index (κ2) is 4.91. The van der Waals surface area contributed by atoms with E-state index < -0.39 is 0 Å². The van der Waals surface area contributed by atoms with Crippen molar-refractivity contribution in [2.75, 3.05) is 26.2 Å². The number of thiophene rings is 1. The molecule has 1 saturated heterocycles. The van der Waals surface area contributed by atoms with Crippen molar-refractivity contribution in [3.63, 3.8) is 0 Å². The fourth-order valence-electron chi connectivity index (χ4n) is 2.02. The second-order valence-corrected chi connectivity index (χ2v) is 5.13. The van der Waals surface area contributed by atoms with Gasteiger partial charge in [0, 0.05) is 26.2 Å². The van der Waals surface area contributed by atoms with Gasteiger partial charge < -0.3 is 10.2 Å². The molecule has 1 aliphatic heterocycles. The molecule has 0 saturated carbocycles. The van der Waals surface area contributed by atoms with Gasteiger partial charge in [-0.2, -0.15) is 5.10 Å². The van der Waals surface area contributed by atoms with Gasteiger partial charge in [0.25, 0.3) is 5.91 Å². The molecule has 0 bridgehead atoms. The predicted molar refractivity (Wildman–Crippen MR) is 70.7 cm³/mol. The lowest BCUT2D eigenvalue weighted by molar-refractivity contribution is 0.0730. The Balaban J connectivity index is 1.78. The highest BCUT2D eigenvalue weighted by Gasteiger charge is 2.20. The van der Waals surface area contributed by atoms with Gasteiger partial charge in [-0.3, -0.25) is 9.89 Å². The minimum absolute atomic E-state index is 0.00977. The van der Waals surface area contributed by atoms with Crippen LogP contribution in [0.3, 0.4) is 0 Å². The topological polar surface area (TPSA) is 61.0 Å². The minimum Gasteiger partial charge on any atom is -0.335 e. The number of hydrogen-bond acceptors (Lipinski definition) is 4. The third-order valence-electron chi connectivity index (χ3n) is 2.99. The molecule has 3 heterocycles. The normalized spacial score (nSPS) is 15.9. The largest absolute Gasteiger partial charge is 0.335 e. The molecule has 0 aliphatic carbocycles. The lowest BCUT2D eigenvalue weighted by Gasteiger charge is -2.26. The van der Waals surface area contributed by atoms with Crippen LogP contribution >= 0.6 is 11.3 Å². The van der Waals surface area contributed by atoms with Crippen molar-refractivity contribution in [2.45, 2.75) is 0 Å². The van der Waals surface area contributed by atoms with Crippen molar-refractivity contribution in [3.8, 4) is 10.6 Å². The molecule has 1 aliphatic rings. The first kappa shape index (κ1) is 11.4. The van der Waals surface area contributed by atoms with Crippen molar-refractivity contribution in [1.29, 1.82) is 0 Å². The van der Waals surface area contributed by atoms with E-state index in [1.165, 1.54) is 0 Å². The van der Waals surface area contributed by atoms with Gasteiger partial charge in [0.2, 0.25) is 0 Å². The van der Waals surface area contributed by atoms with Crippen molar-refractivity contribution >= 4 is 17.2 Å². The monoisotopic (exact) mass is 262 g/mol. The third kappa shape index (κ3) is 2.16. The maximum atomic E-state index is 12.2. The van der Waals surface area contributed by atoms with Crippen molar-refractivity contribution < 1.29 is 4.79 Å². The van der Waals surface area contributed by atoms with E-state index in [2.05, 4.69) is 15.5 Å². The Bertz CT molecular complexity index is 528. The number of carbonyl (C=O) groups excluding carboxylic acids is 1. The molecular formula is C12H14N4OS. The highest BCUT2D eigenvalue weighted by Crippen LogP contribution is 2.23. The van der Waals surface area contributed by atoms with Gasteiger partial charge in [-0.1, -0.05) is 6.07 Å². The number of aromatic amines is 1. The van der Waals surface area contributed by atoms with Crippen molar-refractivity contribution in [3.05, 3.63) is 29.3 Å². The third-order valence-corrected chi connectivity index (χ3v) is 3.89. The van der Waals surface area contributed by atoms with Crippen LogP contribution in [0, 0.1) is 0 Å². The number of nitrogens with zero attached hydrogens (tertiary/aromatic N) is 2. The van der Waals surface area contributed by atoms with E-state index >= 15 is 0 Å². The average Bonchev–Trinajstić information content (AvgIpc) is 3.09. The zero-order valence-electron chi connectivity index (χ0n) is 9.85. The van der Waals surface area contributed by atoms with Crippen LogP contribution in [0.2, 0.25) is 0 Å². The zero-order chi connectivity index (χ0) is 12.4. The summed E-state index contributed by atoms with van der Waals surface area (Å²) >= 11 is 1.63. The number of aromatic nitrogens is 2. The molecule has 1 amide bonds. The molecule has 2 aromatic heterocycles. The van der Waals surface area contributed by atoms with Gasteiger partial charge in [-0.15, -0.1) is 11.3 Å². The highest BCUT2D eigenvalue weighted by molar-refractivity contribution is 7.13. The maximum absolute atomic E-state index is 12.2. The lowest BCUT2D eigenvalue weighted by atomic mass is 10.2. The molecule has 0 aromatic carbocycles. The molecule has 0 spiro atoms. The Hall–Kier alpha value is -1.66. The minimum atomic E-state index is 0.00977. The van der Waals surface area contributed by atoms with Crippen LogP contribution < -0.4 is 5.32 Å². The Morgan fingerprint density at radius 3 is 2.94 bits per heavy atom. The summed E-state index contributed by atoms with van der Waals surface area (Å²) in [5, 5.41) is 12.3. The summed E-state index contributed by atoms with van der Waals surface area (Å²) in [5.74, 6) is 0.00977. The van der Waals surface area contributed by atoms with E-state index in [1.807, 2.05) is 28.5 Å². The molecule has 0 radical (unpaired) electrons. The molecule has 2 aromatic rings. The number of carbonyl (C=O) groups is 1. The fourth-order valence-corrected chi connectivity index (χ4v) is 2.71. The highest BCUT2D eigenvalue weighted by atomic mass is 32.1. The van der Waals surface area contributed by atoms with Gasteiger partial charge in [0.15, 0.2) is 5.69 Å². The average molecular weight is 262 g/mol. The molecule has 18 heavy (non-hydrogen) atoms. The van der Waals surface area contributed by atoms with Crippen LogP contribution in [0.25, 0.3) is 10.6 Å². The fraction of sp³-hybridized carbons (Fsp3) is 0.333. The Labute approximate surface area is 109 Å². The van der Waals surface area contributed by atoms with E-state index in [0.717, 1.165) is 36.8 Å². The van der Waals surface area contributed by atoms with E-state index in [9.17, 15) is 4.79 Å². The van der Waals surface area contributed by atoms with Crippen LogP contribution in [-0.2, 0) is 0 Å². The summed E-state index contributed by atoms with van der Waals surface area (Å²) in [4.78, 5) is 15.1. The maximum Gasteiger partial charge on any atom is 0.274 e. The van der Waals surface area contributed by atoms with Crippen LogP contribution in [-0.4, -0.2) is 47.2 Å². The summed E-state index contributed by atoms with van der Waals surface area (Å²) in [6.07, 6.45) is 0. The molecule has 0 unspecified atom stereocenters. The standard InChI is InChI=1S/C12H14N4OS/c17-12(16-5-3-13-4-6-16)10-8-9(14-15-10)11-2-1-7-18-11/h1-2,7-8,13H,3-6H2,(H,14,15). The molecule has 6 heteroatoms. The smallest absolute Gasteiger partial charge is 0.274 e. The number of nitrogens with one attached hydrogen (secondary N) is 2. The van der Waals surface area contributed by atoms with Crippen LogP contribution in [0.4, 0.5) is 0 Å². The quantitative estimate of drug-likeness (QED) is 0.854. The first-order valence-electron chi connectivity index (χ1n) is 5.94.